The summed E-state index contributed by atoms with van der Waals surface area (Å²) in [6.07, 6.45) is 1.70. The summed E-state index contributed by atoms with van der Waals surface area (Å²) in [5, 5.41) is 5.49. The van der Waals surface area contributed by atoms with Gasteiger partial charge in [-0.1, -0.05) is 40.2 Å². The van der Waals surface area contributed by atoms with Gasteiger partial charge in [0.1, 0.15) is 5.69 Å². The summed E-state index contributed by atoms with van der Waals surface area (Å²) in [5.41, 5.74) is 7.29. The number of rotatable bonds is 6. The maximum absolute atomic E-state index is 5.38. The van der Waals surface area contributed by atoms with E-state index in [4.69, 9.17) is 19.5 Å². The molecular formula is C26H22Br2N4O2. The molecule has 0 aliphatic rings. The molecule has 4 aromatic rings. The lowest BCUT2D eigenvalue weighted by Gasteiger charge is -2.10. The van der Waals surface area contributed by atoms with Gasteiger partial charge in [-0.05, 0) is 76.4 Å². The largest absolute Gasteiger partial charge is 0.493 e. The molecule has 1 heterocycles. The Labute approximate surface area is 215 Å². The lowest BCUT2D eigenvalue weighted by molar-refractivity contribution is 0.355. The van der Waals surface area contributed by atoms with Crippen LogP contribution in [0.2, 0.25) is 0 Å². The lowest BCUT2D eigenvalue weighted by atomic mass is 10.2. The van der Waals surface area contributed by atoms with Crippen molar-refractivity contribution in [2.24, 2.45) is 10.1 Å². The van der Waals surface area contributed by atoms with Crippen molar-refractivity contribution in [3.63, 3.8) is 0 Å². The van der Waals surface area contributed by atoms with E-state index in [9.17, 15) is 0 Å². The molecule has 6 nitrogen and oxygen atoms in total. The zero-order valence-electron chi connectivity index (χ0n) is 18.8. The van der Waals surface area contributed by atoms with Crippen molar-refractivity contribution < 1.29 is 9.47 Å². The highest BCUT2D eigenvalue weighted by molar-refractivity contribution is 9.11. The molecule has 1 aromatic heterocycles. The topological polar surface area (TPSA) is 68.1 Å². The molecule has 0 amide bonds. The van der Waals surface area contributed by atoms with E-state index in [0.29, 0.717) is 23.0 Å². The molecule has 0 fully saturated rings. The summed E-state index contributed by atoms with van der Waals surface area (Å²) >= 11 is 7.15. The first kappa shape index (κ1) is 23.9. The van der Waals surface area contributed by atoms with Crippen molar-refractivity contribution in [1.82, 2.24) is 10.4 Å². The van der Waals surface area contributed by atoms with Crippen molar-refractivity contribution >= 4 is 60.5 Å². The Morgan fingerprint density at radius 3 is 2.50 bits per heavy atom. The zero-order valence-corrected chi connectivity index (χ0v) is 22.0. The third kappa shape index (κ3) is 5.46. The Bertz CT molecular complexity index is 1380. The fourth-order valence-electron chi connectivity index (χ4n) is 3.39. The van der Waals surface area contributed by atoms with Crippen LogP contribution in [0.1, 0.15) is 16.8 Å². The van der Waals surface area contributed by atoms with Gasteiger partial charge in [0.15, 0.2) is 17.3 Å². The minimum atomic E-state index is 0.522. The number of aryl methyl sites for hydroxylation is 1. The summed E-state index contributed by atoms with van der Waals surface area (Å²) in [5.74, 6) is 1.81. The predicted molar refractivity (Wildman–Crippen MR) is 145 cm³/mol. The number of halogens is 2. The third-order valence-corrected chi connectivity index (χ3v) is 6.14. The summed E-state index contributed by atoms with van der Waals surface area (Å²) in [4.78, 5) is 9.68. The Morgan fingerprint density at radius 1 is 0.941 bits per heavy atom. The Hall–Kier alpha value is -3.23. The number of ether oxygens (including phenoxy) is 2. The molecule has 0 saturated heterocycles. The number of aliphatic imine (C=N–C) groups is 1. The molecule has 1 N–H and O–H groups in total. The normalized spacial score (nSPS) is 11.7. The van der Waals surface area contributed by atoms with Crippen LogP contribution in [-0.4, -0.2) is 31.3 Å². The first-order valence-corrected chi connectivity index (χ1v) is 12.0. The number of pyridine rings is 1. The number of fused-ring (bicyclic) bond motifs is 1. The van der Waals surface area contributed by atoms with E-state index in [-0.39, 0.29) is 0 Å². The first-order chi connectivity index (χ1) is 16.5. The monoisotopic (exact) mass is 580 g/mol. The van der Waals surface area contributed by atoms with Crippen LogP contribution in [0.15, 0.2) is 85.8 Å². The number of methoxy groups -OCH3 is 2. The minimum Gasteiger partial charge on any atom is -0.493 e. The molecule has 0 saturated carbocycles. The zero-order chi connectivity index (χ0) is 24.1. The summed E-state index contributed by atoms with van der Waals surface area (Å²) in [6, 6.07) is 21.5. The number of amidine groups is 1. The Morgan fingerprint density at radius 2 is 1.74 bits per heavy atom. The minimum absolute atomic E-state index is 0.522. The van der Waals surface area contributed by atoms with Crippen LogP contribution < -0.4 is 14.9 Å². The van der Waals surface area contributed by atoms with Crippen LogP contribution in [-0.2, 0) is 0 Å². The van der Waals surface area contributed by atoms with E-state index in [1.807, 2.05) is 73.7 Å². The third-order valence-electron chi connectivity index (χ3n) is 5.08. The SMILES string of the molecule is COc1ccc(C=NNC(=Nc2c(C)cc(Br)cc2Br)c2ccc3ccccc3n2)cc1OC. The van der Waals surface area contributed by atoms with E-state index in [2.05, 4.69) is 42.4 Å². The quantitative estimate of drug-likeness (QED) is 0.155. The second-order valence-corrected chi connectivity index (χ2v) is 9.16. The molecule has 172 valence electrons. The molecule has 0 spiro atoms. The van der Waals surface area contributed by atoms with Gasteiger partial charge in [0, 0.05) is 14.3 Å². The van der Waals surface area contributed by atoms with Gasteiger partial charge >= 0.3 is 0 Å². The molecule has 0 aliphatic carbocycles. The second kappa shape index (κ2) is 10.8. The number of aromatic nitrogens is 1. The maximum atomic E-state index is 5.38. The van der Waals surface area contributed by atoms with Gasteiger partial charge in [0.05, 0.1) is 31.6 Å². The number of nitrogens with zero attached hydrogens (tertiary/aromatic N) is 3. The van der Waals surface area contributed by atoms with Gasteiger partial charge in [-0.2, -0.15) is 5.10 Å². The number of nitrogens with one attached hydrogen (secondary N) is 1. The average molecular weight is 582 g/mol. The molecule has 0 bridgehead atoms. The van der Waals surface area contributed by atoms with Gasteiger partial charge in [0.2, 0.25) is 0 Å². The maximum Gasteiger partial charge on any atom is 0.173 e. The molecule has 0 radical (unpaired) electrons. The smallest absolute Gasteiger partial charge is 0.173 e. The summed E-state index contributed by atoms with van der Waals surface area (Å²) < 4.78 is 12.5. The summed E-state index contributed by atoms with van der Waals surface area (Å²) in [7, 11) is 3.21. The van der Waals surface area contributed by atoms with Crippen LogP contribution in [0, 0.1) is 6.92 Å². The van der Waals surface area contributed by atoms with Crippen LogP contribution >= 0.6 is 31.9 Å². The van der Waals surface area contributed by atoms with Gasteiger partial charge in [-0.15, -0.1) is 0 Å². The average Bonchev–Trinajstić information content (AvgIpc) is 2.84. The van der Waals surface area contributed by atoms with Crippen LogP contribution in [0.25, 0.3) is 10.9 Å². The van der Waals surface area contributed by atoms with Crippen LogP contribution in [0.4, 0.5) is 5.69 Å². The molecule has 34 heavy (non-hydrogen) atoms. The fourth-order valence-corrected chi connectivity index (χ4v) is 4.91. The summed E-state index contributed by atoms with van der Waals surface area (Å²) in [6.45, 7) is 2.01. The molecule has 0 atom stereocenters. The van der Waals surface area contributed by atoms with Crippen molar-refractivity contribution in [2.45, 2.75) is 6.92 Å². The highest BCUT2D eigenvalue weighted by Gasteiger charge is 2.11. The first-order valence-electron chi connectivity index (χ1n) is 10.4. The van der Waals surface area contributed by atoms with E-state index < -0.39 is 0 Å². The highest BCUT2D eigenvalue weighted by Crippen LogP contribution is 2.33. The van der Waals surface area contributed by atoms with Gasteiger partial charge in [-0.25, -0.2) is 9.98 Å². The number of hydrogen-bond donors (Lipinski definition) is 1. The van der Waals surface area contributed by atoms with Gasteiger partial charge < -0.3 is 9.47 Å². The lowest BCUT2D eigenvalue weighted by Crippen LogP contribution is -2.20. The van der Waals surface area contributed by atoms with Crippen LogP contribution in [0.3, 0.4) is 0 Å². The predicted octanol–water partition coefficient (Wildman–Crippen LogP) is 6.79. The molecule has 3 aromatic carbocycles. The van der Waals surface area contributed by atoms with E-state index in [1.54, 1.807) is 20.4 Å². The molecule has 4 rings (SSSR count). The number of hydrazone groups is 1. The van der Waals surface area contributed by atoms with Gasteiger partial charge in [0.25, 0.3) is 0 Å². The molecule has 0 unspecified atom stereocenters. The molecule has 0 aliphatic heterocycles. The van der Waals surface area contributed by atoms with E-state index in [1.165, 1.54) is 0 Å². The van der Waals surface area contributed by atoms with Crippen molar-refractivity contribution in [1.29, 1.82) is 0 Å². The second-order valence-electron chi connectivity index (χ2n) is 7.39. The standard InChI is InChI=1S/C26H22Br2N4O2/c1-16-12-19(27)14-20(28)25(16)31-26(22-10-9-18-6-4-5-7-21(18)30-22)32-29-15-17-8-11-23(33-2)24(13-17)34-3/h4-15H,1-3H3,(H,31,32). The number of para-hydroxylation sites is 1. The highest BCUT2D eigenvalue weighted by atomic mass is 79.9. The number of hydrogen-bond acceptors (Lipinski definition) is 5. The molecule has 8 heteroatoms. The van der Waals surface area contributed by atoms with Gasteiger partial charge in [-0.3, -0.25) is 5.43 Å². The fraction of sp³-hybridized carbons (Fsp3) is 0.115. The van der Waals surface area contributed by atoms with Crippen LogP contribution in [0.5, 0.6) is 11.5 Å². The Balaban J connectivity index is 1.73. The van der Waals surface area contributed by atoms with Crippen molar-refractivity contribution in [2.75, 3.05) is 14.2 Å². The van der Waals surface area contributed by atoms with E-state index in [0.717, 1.165) is 36.7 Å². The molecular weight excluding hydrogens is 560 g/mol. The Kier molecular flexibility index (Phi) is 7.59. The van der Waals surface area contributed by atoms with E-state index >= 15 is 0 Å². The van der Waals surface area contributed by atoms with Crippen molar-refractivity contribution in [3.8, 4) is 11.5 Å². The van der Waals surface area contributed by atoms with Crippen molar-refractivity contribution in [3.05, 3.63) is 92.5 Å². The number of benzene rings is 3.